The number of carbonyl (C=O) groups excluding carboxylic acids is 1. The van der Waals surface area contributed by atoms with Crippen LogP contribution in [0, 0.1) is 5.92 Å². The van der Waals surface area contributed by atoms with E-state index in [-0.39, 0.29) is 19.0 Å². The summed E-state index contributed by atoms with van der Waals surface area (Å²) in [6, 6.07) is 0. The van der Waals surface area contributed by atoms with Crippen LogP contribution >= 0.6 is 0 Å². The molecule has 3 nitrogen and oxygen atoms in total. The predicted molar refractivity (Wildman–Crippen MR) is 64.5 cm³/mol. The summed E-state index contributed by atoms with van der Waals surface area (Å²) in [5, 5.41) is 8.72. The number of aliphatic hydroxyl groups excluding tert-OH is 1. The molecular weight excluding hydrogens is 238 g/mol. The van der Waals surface area contributed by atoms with Gasteiger partial charge in [-0.2, -0.15) is 0 Å². The first kappa shape index (κ1) is 16.9. The zero-order valence-corrected chi connectivity index (χ0v) is 11.6. The number of hydrogen-bond acceptors (Lipinski definition) is 2. The first-order chi connectivity index (χ1) is 7.74. The molecule has 0 bridgehead atoms. The molecule has 1 saturated carbocycles. The predicted octanol–water partition coefficient (Wildman–Crippen LogP) is -2.57. The standard InChI is InChI=1S/C13H25NO2.ClH/c1-14(9-5-11-15)10-8-13(16)12-6-3-2-4-7-12;/h12,15H,2-11H2,1H3;1H. The van der Waals surface area contributed by atoms with Gasteiger partial charge in [-0.3, -0.25) is 4.79 Å². The molecule has 0 radical (unpaired) electrons. The van der Waals surface area contributed by atoms with Gasteiger partial charge in [0, 0.05) is 18.9 Å². The number of nitrogens with one attached hydrogen (secondary N) is 1. The zero-order chi connectivity index (χ0) is 11.8. The summed E-state index contributed by atoms with van der Waals surface area (Å²) in [4.78, 5) is 13.3. The van der Waals surface area contributed by atoms with Crippen molar-refractivity contribution in [3.63, 3.8) is 0 Å². The summed E-state index contributed by atoms with van der Waals surface area (Å²) in [5.41, 5.74) is 0. The van der Waals surface area contributed by atoms with Crippen molar-refractivity contribution >= 4 is 5.78 Å². The van der Waals surface area contributed by atoms with Gasteiger partial charge < -0.3 is 22.4 Å². The van der Waals surface area contributed by atoms with E-state index in [9.17, 15) is 4.79 Å². The monoisotopic (exact) mass is 263 g/mol. The number of rotatable bonds is 7. The Balaban J connectivity index is 0.00000256. The number of carbonyl (C=O) groups is 1. The second-order valence-electron chi connectivity index (χ2n) is 5.09. The summed E-state index contributed by atoms with van der Waals surface area (Å²) in [6.45, 7) is 2.15. The van der Waals surface area contributed by atoms with Crippen LogP contribution in [-0.2, 0) is 4.79 Å². The van der Waals surface area contributed by atoms with Crippen molar-refractivity contribution in [1.29, 1.82) is 0 Å². The van der Waals surface area contributed by atoms with E-state index in [1.54, 1.807) is 0 Å². The highest BCUT2D eigenvalue weighted by Gasteiger charge is 2.21. The van der Waals surface area contributed by atoms with Crippen molar-refractivity contribution in [2.75, 3.05) is 26.7 Å². The number of aliphatic hydroxyl groups is 1. The molecule has 1 aliphatic carbocycles. The summed E-state index contributed by atoms with van der Waals surface area (Å²) in [6.07, 6.45) is 7.59. The maximum absolute atomic E-state index is 11.9. The number of Topliss-reactive ketones (excluding diaryl/α,β-unsaturated/α-hetero) is 1. The summed E-state index contributed by atoms with van der Waals surface area (Å²) in [5.74, 6) is 0.836. The topological polar surface area (TPSA) is 41.7 Å². The Morgan fingerprint density at radius 3 is 2.47 bits per heavy atom. The minimum absolute atomic E-state index is 0. The average Bonchev–Trinajstić information content (AvgIpc) is 2.34. The first-order valence-corrected chi connectivity index (χ1v) is 6.69. The highest BCUT2D eigenvalue weighted by Crippen LogP contribution is 2.24. The third-order valence-electron chi connectivity index (χ3n) is 3.62. The van der Waals surface area contributed by atoms with Gasteiger partial charge in [0.05, 0.1) is 26.6 Å². The van der Waals surface area contributed by atoms with Gasteiger partial charge in [0.25, 0.3) is 0 Å². The Morgan fingerprint density at radius 1 is 1.24 bits per heavy atom. The van der Waals surface area contributed by atoms with Crippen molar-refractivity contribution in [2.24, 2.45) is 5.92 Å². The Hall–Kier alpha value is -0.120. The minimum atomic E-state index is 0. The lowest BCUT2D eigenvalue weighted by molar-refractivity contribution is -0.879. The van der Waals surface area contributed by atoms with Crippen molar-refractivity contribution < 1.29 is 27.2 Å². The maximum atomic E-state index is 11.9. The maximum Gasteiger partial charge on any atom is 0.141 e. The molecule has 4 heteroatoms. The Morgan fingerprint density at radius 2 is 1.88 bits per heavy atom. The number of halogens is 1. The van der Waals surface area contributed by atoms with E-state index in [1.807, 2.05) is 0 Å². The minimum Gasteiger partial charge on any atom is -1.00 e. The van der Waals surface area contributed by atoms with Gasteiger partial charge in [0.15, 0.2) is 0 Å². The molecule has 1 fully saturated rings. The molecule has 0 saturated heterocycles. The van der Waals surface area contributed by atoms with Gasteiger partial charge in [0.1, 0.15) is 5.78 Å². The lowest BCUT2D eigenvalue weighted by Crippen LogP contribution is -3.09. The van der Waals surface area contributed by atoms with Crippen LogP contribution in [0.25, 0.3) is 0 Å². The van der Waals surface area contributed by atoms with E-state index in [4.69, 9.17) is 5.11 Å². The van der Waals surface area contributed by atoms with Gasteiger partial charge in [-0.1, -0.05) is 19.3 Å². The van der Waals surface area contributed by atoms with Crippen molar-refractivity contribution in [1.82, 2.24) is 0 Å². The molecule has 0 aromatic carbocycles. The molecule has 0 aromatic heterocycles. The van der Waals surface area contributed by atoms with E-state index >= 15 is 0 Å². The van der Waals surface area contributed by atoms with Gasteiger partial charge in [-0.25, -0.2) is 0 Å². The van der Waals surface area contributed by atoms with Crippen molar-refractivity contribution in [3.8, 4) is 0 Å². The molecule has 1 atom stereocenters. The molecule has 0 aliphatic heterocycles. The van der Waals surface area contributed by atoms with Crippen LogP contribution < -0.4 is 17.3 Å². The first-order valence-electron chi connectivity index (χ1n) is 6.69. The molecule has 0 spiro atoms. The van der Waals surface area contributed by atoms with Crippen molar-refractivity contribution in [3.05, 3.63) is 0 Å². The van der Waals surface area contributed by atoms with Gasteiger partial charge in [0.2, 0.25) is 0 Å². The Kier molecular flexibility index (Phi) is 9.79. The molecule has 2 N–H and O–H groups in total. The SMILES string of the molecule is C[NH+](CCCO)CCC(=O)C1CCCCC1.[Cl-]. The third kappa shape index (κ3) is 7.02. The zero-order valence-electron chi connectivity index (χ0n) is 10.9. The van der Waals surface area contributed by atoms with Crippen LogP contribution in [0.5, 0.6) is 0 Å². The highest BCUT2D eigenvalue weighted by molar-refractivity contribution is 5.81. The summed E-state index contributed by atoms with van der Waals surface area (Å²) >= 11 is 0. The third-order valence-corrected chi connectivity index (χ3v) is 3.62. The van der Waals surface area contributed by atoms with Crippen LogP contribution in [0.3, 0.4) is 0 Å². The Labute approximate surface area is 111 Å². The Bertz CT molecular complexity index is 206. The van der Waals surface area contributed by atoms with Gasteiger partial charge in [-0.15, -0.1) is 0 Å². The highest BCUT2D eigenvalue weighted by atomic mass is 35.5. The van der Waals surface area contributed by atoms with E-state index < -0.39 is 0 Å². The molecule has 17 heavy (non-hydrogen) atoms. The molecule has 1 aliphatic rings. The molecule has 0 aromatic rings. The quantitative estimate of drug-likeness (QED) is 0.530. The summed E-state index contributed by atoms with van der Waals surface area (Å²) in [7, 11) is 2.10. The van der Waals surface area contributed by atoms with E-state index in [1.165, 1.54) is 24.2 Å². The fourth-order valence-corrected chi connectivity index (χ4v) is 2.47. The van der Waals surface area contributed by atoms with Crippen LogP contribution in [0.4, 0.5) is 0 Å². The molecule has 0 heterocycles. The lowest BCUT2D eigenvalue weighted by atomic mass is 9.85. The molecular formula is C13H26ClNO2. The fourth-order valence-electron chi connectivity index (χ4n) is 2.47. The molecule has 1 unspecified atom stereocenters. The smallest absolute Gasteiger partial charge is 0.141 e. The van der Waals surface area contributed by atoms with E-state index in [2.05, 4.69) is 7.05 Å². The van der Waals surface area contributed by atoms with Gasteiger partial charge >= 0.3 is 0 Å². The van der Waals surface area contributed by atoms with E-state index in [0.29, 0.717) is 11.7 Å². The van der Waals surface area contributed by atoms with Crippen molar-refractivity contribution in [2.45, 2.75) is 44.9 Å². The molecule has 102 valence electrons. The van der Waals surface area contributed by atoms with Crippen LogP contribution in [0.15, 0.2) is 0 Å². The second-order valence-corrected chi connectivity index (χ2v) is 5.09. The normalized spacial score (nSPS) is 18.5. The molecule has 0 amide bonds. The van der Waals surface area contributed by atoms with Crippen LogP contribution in [0.2, 0.25) is 0 Å². The lowest BCUT2D eigenvalue weighted by Gasteiger charge is -2.21. The number of quaternary nitrogens is 1. The molecule has 1 rings (SSSR count). The fraction of sp³-hybridized carbons (Fsp3) is 0.923. The average molecular weight is 264 g/mol. The van der Waals surface area contributed by atoms with Crippen LogP contribution in [0.1, 0.15) is 44.9 Å². The summed E-state index contributed by atoms with van der Waals surface area (Å²) < 4.78 is 0. The van der Waals surface area contributed by atoms with Crippen LogP contribution in [-0.4, -0.2) is 37.6 Å². The number of hydrogen-bond donors (Lipinski definition) is 2. The number of ketones is 1. The van der Waals surface area contributed by atoms with Gasteiger partial charge in [-0.05, 0) is 12.8 Å². The van der Waals surface area contributed by atoms with E-state index in [0.717, 1.165) is 38.8 Å². The second kappa shape index (κ2) is 9.86. The largest absolute Gasteiger partial charge is 1.00 e.